The van der Waals surface area contributed by atoms with Crippen LogP contribution in [0.5, 0.6) is 0 Å². The number of hydrogen-bond donors (Lipinski definition) is 1. The number of fused-ring (bicyclic) bond motifs is 2. The molecule has 3 rings (SSSR count). The van der Waals surface area contributed by atoms with E-state index in [-0.39, 0.29) is 0 Å². The minimum Gasteiger partial charge on any atom is -0.314 e. The van der Waals surface area contributed by atoms with Gasteiger partial charge < -0.3 is 5.32 Å². The number of hydrogen-bond acceptors (Lipinski definition) is 3. The number of nitrogens with zero attached hydrogens (tertiary/aromatic N) is 3. The largest absolute Gasteiger partial charge is 0.314 e. The molecule has 2 aliphatic rings. The molecule has 2 bridgehead atoms. The van der Waals surface area contributed by atoms with E-state index in [0.29, 0.717) is 6.04 Å². The first-order valence-electron chi connectivity index (χ1n) is 6.23. The molecule has 0 aliphatic carbocycles. The molecule has 4 nitrogen and oxygen atoms in total. The maximum absolute atomic E-state index is 4.40. The molecule has 0 radical (unpaired) electrons. The third-order valence-electron chi connectivity index (χ3n) is 3.79. The van der Waals surface area contributed by atoms with Crippen molar-refractivity contribution in [2.45, 2.75) is 44.9 Å². The first-order valence-corrected chi connectivity index (χ1v) is 6.23. The Balaban J connectivity index is 1.65. The van der Waals surface area contributed by atoms with Crippen LogP contribution >= 0.6 is 0 Å². The molecule has 4 heteroatoms. The van der Waals surface area contributed by atoms with E-state index >= 15 is 0 Å². The maximum Gasteiger partial charge on any atom is 0.0534 e. The predicted molar refractivity (Wildman–Crippen MR) is 63.2 cm³/mol. The molecule has 2 saturated heterocycles. The van der Waals surface area contributed by atoms with Gasteiger partial charge in [-0.2, -0.15) is 5.10 Å². The van der Waals surface area contributed by atoms with Crippen molar-refractivity contribution in [3.8, 4) is 0 Å². The molecule has 0 saturated carbocycles. The summed E-state index contributed by atoms with van der Waals surface area (Å²) in [5.41, 5.74) is 1.35. The zero-order chi connectivity index (χ0) is 11.1. The van der Waals surface area contributed by atoms with Crippen LogP contribution in [0.15, 0.2) is 12.4 Å². The number of piperazine rings is 1. The lowest BCUT2D eigenvalue weighted by molar-refractivity contribution is -0.0207. The van der Waals surface area contributed by atoms with Crippen LogP contribution in [0.3, 0.4) is 0 Å². The van der Waals surface area contributed by atoms with Gasteiger partial charge >= 0.3 is 0 Å². The van der Waals surface area contributed by atoms with Crippen LogP contribution in [-0.4, -0.2) is 39.9 Å². The van der Waals surface area contributed by atoms with E-state index in [1.807, 2.05) is 10.9 Å². The third-order valence-corrected chi connectivity index (χ3v) is 3.79. The summed E-state index contributed by atoms with van der Waals surface area (Å²) in [4.78, 5) is 2.61. The summed E-state index contributed by atoms with van der Waals surface area (Å²) in [6.45, 7) is 7.73. The van der Waals surface area contributed by atoms with Gasteiger partial charge in [-0.05, 0) is 20.3 Å². The Kier molecular flexibility index (Phi) is 2.48. The van der Waals surface area contributed by atoms with Crippen molar-refractivity contribution < 1.29 is 0 Å². The first-order chi connectivity index (χ1) is 7.74. The standard InChI is InChI=1S/C12H20N4/c1-9(2)16-8-10(4-14-16)7-15-11-3-12(15)6-13-5-11/h4,8-9,11-13H,3,5-7H2,1-2H3. The van der Waals surface area contributed by atoms with Crippen molar-refractivity contribution in [1.29, 1.82) is 0 Å². The lowest BCUT2D eigenvalue weighted by Gasteiger charge is -2.53. The normalized spacial score (nSPS) is 29.4. The topological polar surface area (TPSA) is 33.1 Å². The summed E-state index contributed by atoms with van der Waals surface area (Å²) in [6.07, 6.45) is 5.58. The minimum atomic E-state index is 0.464. The van der Waals surface area contributed by atoms with Gasteiger partial charge in [-0.3, -0.25) is 9.58 Å². The van der Waals surface area contributed by atoms with E-state index in [1.165, 1.54) is 12.0 Å². The van der Waals surface area contributed by atoms with Crippen molar-refractivity contribution in [2.24, 2.45) is 0 Å². The second-order valence-electron chi connectivity index (χ2n) is 5.30. The Morgan fingerprint density at radius 2 is 2.19 bits per heavy atom. The molecule has 2 atom stereocenters. The quantitative estimate of drug-likeness (QED) is 0.825. The van der Waals surface area contributed by atoms with Gasteiger partial charge in [-0.1, -0.05) is 0 Å². The van der Waals surface area contributed by atoms with Crippen LogP contribution < -0.4 is 5.32 Å². The first kappa shape index (κ1) is 10.3. The molecule has 0 aromatic carbocycles. The molecule has 0 spiro atoms. The average molecular weight is 220 g/mol. The fourth-order valence-corrected chi connectivity index (χ4v) is 2.77. The second-order valence-corrected chi connectivity index (χ2v) is 5.30. The highest BCUT2D eigenvalue weighted by Crippen LogP contribution is 2.29. The van der Waals surface area contributed by atoms with Crippen LogP contribution in [0.25, 0.3) is 0 Å². The summed E-state index contributed by atoms with van der Waals surface area (Å²) in [6, 6.07) is 1.99. The predicted octanol–water partition coefficient (Wildman–Crippen LogP) is 1.01. The van der Waals surface area contributed by atoms with Crippen LogP contribution in [-0.2, 0) is 6.54 Å². The van der Waals surface area contributed by atoms with E-state index in [4.69, 9.17) is 0 Å². The van der Waals surface area contributed by atoms with Crippen LogP contribution in [0.4, 0.5) is 0 Å². The summed E-state index contributed by atoms with van der Waals surface area (Å²) in [5.74, 6) is 0. The molecule has 1 aromatic heterocycles. The Hall–Kier alpha value is -0.870. The number of rotatable bonds is 3. The van der Waals surface area contributed by atoms with Gasteiger partial charge in [0, 0.05) is 49.5 Å². The zero-order valence-corrected chi connectivity index (χ0v) is 10.1. The van der Waals surface area contributed by atoms with Gasteiger partial charge in [0.2, 0.25) is 0 Å². The van der Waals surface area contributed by atoms with Crippen LogP contribution in [0.1, 0.15) is 31.9 Å². The van der Waals surface area contributed by atoms with E-state index in [9.17, 15) is 0 Å². The fourth-order valence-electron chi connectivity index (χ4n) is 2.77. The van der Waals surface area contributed by atoms with E-state index in [1.54, 1.807) is 0 Å². The van der Waals surface area contributed by atoms with E-state index in [2.05, 4.69) is 35.4 Å². The van der Waals surface area contributed by atoms with Gasteiger partial charge in [0.05, 0.1) is 6.20 Å². The van der Waals surface area contributed by atoms with Gasteiger partial charge in [0.1, 0.15) is 0 Å². The van der Waals surface area contributed by atoms with Crippen molar-refractivity contribution >= 4 is 0 Å². The third kappa shape index (κ3) is 1.66. The molecule has 88 valence electrons. The summed E-state index contributed by atoms with van der Waals surface area (Å²) in [7, 11) is 0. The molecular weight excluding hydrogens is 200 g/mol. The highest BCUT2D eigenvalue weighted by molar-refractivity contribution is 5.09. The monoisotopic (exact) mass is 220 g/mol. The van der Waals surface area contributed by atoms with Crippen LogP contribution in [0.2, 0.25) is 0 Å². The minimum absolute atomic E-state index is 0.464. The van der Waals surface area contributed by atoms with Gasteiger partial charge in [-0.15, -0.1) is 0 Å². The van der Waals surface area contributed by atoms with Crippen LogP contribution in [0, 0.1) is 0 Å². The Bertz CT molecular complexity index is 357. The van der Waals surface area contributed by atoms with Gasteiger partial charge in [-0.25, -0.2) is 0 Å². The highest BCUT2D eigenvalue weighted by atomic mass is 15.3. The number of nitrogens with one attached hydrogen (secondary N) is 1. The Labute approximate surface area is 96.6 Å². The van der Waals surface area contributed by atoms with E-state index in [0.717, 1.165) is 31.7 Å². The molecule has 2 unspecified atom stereocenters. The zero-order valence-electron chi connectivity index (χ0n) is 10.1. The second kappa shape index (κ2) is 3.86. The van der Waals surface area contributed by atoms with Gasteiger partial charge in [0.15, 0.2) is 0 Å². The van der Waals surface area contributed by atoms with E-state index < -0.39 is 0 Å². The average Bonchev–Trinajstić information content (AvgIpc) is 2.75. The smallest absolute Gasteiger partial charge is 0.0534 e. The molecule has 2 fully saturated rings. The number of piperidine rings is 1. The number of aromatic nitrogens is 2. The Morgan fingerprint density at radius 3 is 2.75 bits per heavy atom. The summed E-state index contributed by atoms with van der Waals surface area (Å²) in [5, 5.41) is 7.86. The Morgan fingerprint density at radius 1 is 1.44 bits per heavy atom. The molecule has 1 aromatic rings. The van der Waals surface area contributed by atoms with Crippen molar-refractivity contribution in [3.63, 3.8) is 0 Å². The van der Waals surface area contributed by atoms with Crippen molar-refractivity contribution in [3.05, 3.63) is 18.0 Å². The maximum atomic E-state index is 4.40. The molecule has 2 aliphatic heterocycles. The lowest BCUT2D eigenvalue weighted by Crippen LogP contribution is -2.67. The summed E-state index contributed by atoms with van der Waals surface area (Å²) >= 11 is 0. The molecule has 3 heterocycles. The SMILES string of the molecule is CC(C)n1cc(CN2C3CNCC2C3)cn1. The fraction of sp³-hybridized carbons (Fsp3) is 0.750. The molecule has 1 N–H and O–H groups in total. The lowest BCUT2D eigenvalue weighted by atomic mass is 9.88. The molecule has 0 amide bonds. The van der Waals surface area contributed by atoms with Crippen molar-refractivity contribution in [2.75, 3.05) is 13.1 Å². The highest BCUT2D eigenvalue weighted by Gasteiger charge is 2.40. The molecular formula is C12H20N4. The van der Waals surface area contributed by atoms with Gasteiger partial charge in [0.25, 0.3) is 0 Å². The summed E-state index contributed by atoms with van der Waals surface area (Å²) < 4.78 is 2.04. The van der Waals surface area contributed by atoms with Crippen molar-refractivity contribution in [1.82, 2.24) is 20.0 Å². The molecule has 16 heavy (non-hydrogen) atoms.